The second-order valence-electron chi connectivity index (χ2n) is 3.68. The molecule has 0 amide bonds. The van der Waals surface area contributed by atoms with Crippen LogP contribution in [0.15, 0.2) is 30.3 Å². The maximum Gasteiger partial charge on any atom is 0.0145 e. The molecule has 0 bridgehead atoms. The number of rotatable bonds is 2. The van der Waals surface area contributed by atoms with E-state index in [2.05, 4.69) is 30.3 Å². The molecule has 1 aromatic rings. The standard InChI is InChI=1S/C11H15OP/c12-13-11-8-4-7-10(11)9-5-2-1-3-6-9/h1-3,5-6,10-13H,4,7-8H2/t10-,11-/m0/s1. The van der Waals surface area contributed by atoms with Crippen molar-refractivity contribution in [1.29, 1.82) is 0 Å². The van der Waals surface area contributed by atoms with Gasteiger partial charge in [-0.1, -0.05) is 36.8 Å². The van der Waals surface area contributed by atoms with Crippen molar-refractivity contribution >= 4 is 8.81 Å². The summed E-state index contributed by atoms with van der Waals surface area (Å²) in [5.74, 6) is 0.615. The summed E-state index contributed by atoms with van der Waals surface area (Å²) in [6.07, 6.45) is 3.73. The minimum atomic E-state index is 0.117. The lowest BCUT2D eigenvalue weighted by atomic mass is 9.98. The van der Waals surface area contributed by atoms with E-state index in [1.54, 1.807) is 0 Å². The van der Waals surface area contributed by atoms with Gasteiger partial charge in [-0.15, -0.1) is 0 Å². The Morgan fingerprint density at radius 1 is 1.15 bits per heavy atom. The smallest absolute Gasteiger partial charge is 0.0145 e. The molecule has 1 aliphatic rings. The summed E-state index contributed by atoms with van der Waals surface area (Å²) < 4.78 is 0. The van der Waals surface area contributed by atoms with Crippen LogP contribution in [0.25, 0.3) is 0 Å². The molecule has 2 rings (SSSR count). The first-order valence-corrected chi connectivity index (χ1v) is 5.89. The van der Waals surface area contributed by atoms with Crippen LogP contribution in [0.2, 0.25) is 0 Å². The Labute approximate surface area is 81.0 Å². The Morgan fingerprint density at radius 3 is 2.62 bits per heavy atom. The minimum Gasteiger partial charge on any atom is -0.377 e. The molecule has 0 spiro atoms. The molecular weight excluding hydrogens is 179 g/mol. The Bertz CT molecular complexity index is 260. The predicted octanol–water partition coefficient (Wildman–Crippen LogP) is 2.91. The highest BCUT2D eigenvalue weighted by Gasteiger charge is 2.27. The molecule has 0 saturated heterocycles. The van der Waals surface area contributed by atoms with Gasteiger partial charge in [0.15, 0.2) is 0 Å². The fourth-order valence-corrected chi connectivity index (χ4v) is 3.09. The Morgan fingerprint density at radius 2 is 1.92 bits per heavy atom. The van der Waals surface area contributed by atoms with Gasteiger partial charge in [0.2, 0.25) is 0 Å². The van der Waals surface area contributed by atoms with Gasteiger partial charge >= 0.3 is 0 Å². The Kier molecular flexibility index (Phi) is 2.97. The summed E-state index contributed by atoms with van der Waals surface area (Å²) in [6, 6.07) is 10.6. The van der Waals surface area contributed by atoms with E-state index >= 15 is 0 Å². The van der Waals surface area contributed by atoms with E-state index in [1.165, 1.54) is 24.8 Å². The Balaban J connectivity index is 2.16. The van der Waals surface area contributed by atoms with Crippen LogP contribution < -0.4 is 0 Å². The van der Waals surface area contributed by atoms with E-state index in [-0.39, 0.29) is 8.81 Å². The van der Waals surface area contributed by atoms with Gasteiger partial charge in [0.05, 0.1) is 0 Å². The monoisotopic (exact) mass is 194 g/mol. The first-order chi connectivity index (χ1) is 6.42. The van der Waals surface area contributed by atoms with E-state index < -0.39 is 0 Å². The topological polar surface area (TPSA) is 20.2 Å². The van der Waals surface area contributed by atoms with Crippen molar-refractivity contribution in [3.63, 3.8) is 0 Å². The van der Waals surface area contributed by atoms with Crippen LogP contribution in [0.4, 0.5) is 0 Å². The highest BCUT2D eigenvalue weighted by atomic mass is 31.1. The molecule has 1 nitrogen and oxygen atoms in total. The molecule has 0 aromatic heterocycles. The first-order valence-electron chi connectivity index (χ1n) is 4.86. The summed E-state index contributed by atoms with van der Waals surface area (Å²) in [5.41, 5.74) is 1.94. The van der Waals surface area contributed by atoms with E-state index in [0.29, 0.717) is 11.6 Å². The molecule has 0 radical (unpaired) electrons. The van der Waals surface area contributed by atoms with Crippen LogP contribution in [0.1, 0.15) is 30.7 Å². The van der Waals surface area contributed by atoms with Crippen LogP contribution >= 0.6 is 8.81 Å². The summed E-state index contributed by atoms with van der Waals surface area (Å²) >= 11 is 0. The molecule has 1 aromatic carbocycles. The average molecular weight is 194 g/mol. The minimum absolute atomic E-state index is 0.117. The third-order valence-corrected chi connectivity index (χ3v) is 3.93. The normalized spacial score (nSPS) is 28.7. The summed E-state index contributed by atoms with van der Waals surface area (Å²) in [7, 11) is 0.117. The summed E-state index contributed by atoms with van der Waals surface area (Å²) in [6.45, 7) is 0. The first kappa shape index (κ1) is 9.18. The van der Waals surface area contributed by atoms with E-state index in [1.807, 2.05) is 0 Å². The van der Waals surface area contributed by atoms with Gasteiger partial charge in [-0.05, 0) is 24.3 Å². The summed E-state index contributed by atoms with van der Waals surface area (Å²) in [5, 5.41) is 0. The summed E-state index contributed by atoms with van der Waals surface area (Å²) in [4.78, 5) is 9.23. The van der Waals surface area contributed by atoms with Crippen molar-refractivity contribution in [1.82, 2.24) is 0 Å². The molecular formula is C11H15OP. The largest absolute Gasteiger partial charge is 0.377 e. The number of benzene rings is 1. The third-order valence-electron chi connectivity index (χ3n) is 2.91. The fraction of sp³-hybridized carbons (Fsp3) is 0.455. The average Bonchev–Trinajstić information content (AvgIpc) is 2.67. The van der Waals surface area contributed by atoms with Gasteiger partial charge in [-0.3, -0.25) is 0 Å². The van der Waals surface area contributed by atoms with Gasteiger partial charge in [-0.25, -0.2) is 0 Å². The van der Waals surface area contributed by atoms with Gasteiger partial charge < -0.3 is 4.89 Å². The molecule has 0 heterocycles. The molecule has 2 heteroatoms. The third kappa shape index (κ3) is 1.92. The van der Waals surface area contributed by atoms with Crippen molar-refractivity contribution in [2.24, 2.45) is 0 Å². The fourth-order valence-electron chi connectivity index (χ4n) is 2.21. The van der Waals surface area contributed by atoms with Crippen LogP contribution in [0.5, 0.6) is 0 Å². The zero-order valence-electron chi connectivity index (χ0n) is 7.61. The number of hydrogen-bond donors (Lipinski definition) is 1. The molecule has 1 aliphatic carbocycles. The van der Waals surface area contributed by atoms with E-state index in [9.17, 15) is 4.89 Å². The van der Waals surface area contributed by atoms with E-state index in [4.69, 9.17) is 0 Å². The second-order valence-corrected chi connectivity index (χ2v) is 4.68. The molecule has 1 fully saturated rings. The molecule has 1 saturated carbocycles. The SMILES string of the molecule is OP[C@H]1CCC[C@H]1c1ccccc1. The molecule has 0 aliphatic heterocycles. The molecule has 13 heavy (non-hydrogen) atoms. The van der Waals surface area contributed by atoms with Gasteiger partial charge in [0.1, 0.15) is 0 Å². The maximum absolute atomic E-state index is 9.23. The van der Waals surface area contributed by atoms with Gasteiger partial charge in [0.25, 0.3) is 0 Å². The van der Waals surface area contributed by atoms with Gasteiger partial charge in [-0.2, -0.15) is 0 Å². The van der Waals surface area contributed by atoms with Crippen LogP contribution in [0, 0.1) is 0 Å². The predicted molar refractivity (Wildman–Crippen MR) is 57.4 cm³/mol. The lowest BCUT2D eigenvalue weighted by Crippen LogP contribution is -2.05. The Hall–Kier alpha value is -0.390. The maximum atomic E-state index is 9.23. The van der Waals surface area contributed by atoms with Crippen molar-refractivity contribution in [2.45, 2.75) is 30.8 Å². The lowest BCUT2D eigenvalue weighted by Gasteiger charge is -2.16. The van der Waals surface area contributed by atoms with Crippen LogP contribution in [-0.2, 0) is 0 Å². The van der Waals surface area contributed by atoms with Crippen molar-refractivity contribution in [3.05, 3.63) is 35.9 Å². The van der Waals surface area contributed by atoms with Crippen molar-refractivity contribution in [3.8, 4) is 0 Å². The highest BCUT2D eigenvalue weighted by Crippen LogP contribution is 2.42. The molecule has 70 valence electrons. The van der Waals surface area contributed by atoms with Crippen molar-refractivity contribution in [2.75, 3.05) is 0 Å². The van der Waals surface area contributed by atoms with Gasteiger partial charge in [0, 0.05) is 14.5 Å². The quantitative estimate of drug-likeness (QED) is 0.718. The molecule has 1 unspecified atom stereocenters. The molecule has 1 N–H and O–H groups in total. The van der Waals surface area contributed by atoms with Crippen LogP contribution in [0.3, 0.4) is 0 Å². The van der Waals surface area contributed by atoms with Crippen molar-refractivity contribution < 1.29 is 4.89 Å². The number of hydrogen-bond acceptors (Lipinski definition) is 1. The zero-order chi connectivity index (χ0) is 9.10. The lowest BCUT2D eigenvalue weighted by molar-refractivity contribution is 0.610. The highest BCUT2D eigenvalue weighted by molar-refractivity contribution is 7.32. The van der Waals surface area contributed by atoms with Crippen LogP contribution in [-0.4, -0.2) is 10.6 Å². The van der Waals surface area contributed by atoms with E-state index in [0.717, 1.165) is 0 Å². The molecule has 3 atom stereocenters. The zero-order valence-corrected chi connectivity index (χ0v) is 8.61. The second kappa shape index (κ2) is 4.21.